The van der Waals surface area contributed by atoms with Gasteiger partial charge in [0.25, 0.3) is 0 Å². The second-order valence-electron chi connectivity index (χ2n) is 4.36. The molecule has 1 aromatic heterocycles. The lowest BCUT2D eigenvalue weighted by Crippen LogP contribution is -2.39. The number of nitrogens with zero attached hydrogens (tertiary/aromatic N) is 1. The summed E-state index contributed by atoms with van der Waals surface area (Å²) in [6.45, 7) is 1.10. The molecular formula is C12H18BrNS. The standard InChI is InChI=1S/C12H18BrNS/c1-14(9-10-5-4-8-15-10)12-7-3-2-6-11(12)13/h4-5,8,11-12H,2-3,6-7,9H2,1H3. The average Bonchev–Trinajstić information content (AvgIpc) is 2.71. The molecule has 0 spiro atoms. The summed E-state index contributed by atoms with van der Waals surface area (Å²) in [7, 11) is 2.25. The molecule has 2 unspecified atom stereocenters. The molecule has 2 rings (SSSR count). The lowest BCUT2D eigenvalue weighted by atomic mass is 9.94. The summed E-state index contributed by atoms with van der Waals surface area (Å²) in [5, 5.41) is 2.16. The van der Waals surface area contributed by atoms with Crippen molar-refractivity contribution in [2.24, 2.45) is 0 Å². The van der Waals surface area contributed by atoms with Crippen molar-refractivity contribution in [1.29, 1.82) is 0 Å². The molecule has 0 radical (unpaired) electrons. The van der Waals surface area contributed by atoms with E-state index in [1.165, 1.54) is 30.6 Å². The highest BCUT2D eigenvalue weighted by Gasteiger charge is 2.26. The van der Waals surface area contributed by atoms with Gasteiger partial charge >= 0.3 is 0 Å². The Hall–Kier alpha value is 0.140. The maximum atomic E-state index is 3.82. The highest BCUT2D eigenvalue weighted by atomic mass is 79.9. The molecule has 84 valence electrons. The van der Waals surface area contributed by atoms with Crippen molar-refractivity contribution in [2.75, 3.05) is 7.05 Å². The Kier molecular flexibility index (Phi) is 4.23. The second-order valence-corrected chi connectivity index (χ2v) is 6.57. The largest absolute Gasteiger partial charge is 0.297 e. The molecule has 1 aliphatic carbocycles. The average molecular weight is 288 g/mol. The van der Waals surface area contributed by atoms with Crippen LogP contribution in [0.4, 0.5) is 0 Å². The molecule has 1 saturated carbocycles. The van der Waals surface area contributed by atoms with Gasteiger partial charge in [-0.15, -0.1) is 11.3 Å². The van der Waals surface area contributed by atoms with Gasteiger partial charge in [-0.2, -0.15) is 0 Å². The van der Waals surface area contributed by atoms with Gasteiger partial charge in [0.15, 0.2) is 0 Å². The van der Waals surface area contributed by atoms with Gasteiger partial charge in [-0.3, -0.25) is 4.90 Å². The molecule has 1 fully saturated rings. The highest BCUT2D eigenvalue weighted by molar-refractivity contribution is 9.09. The molecule has 0 amide bonds. The molecule has 1 heterocycles. The minimum Gasteiger partial charge on any atom is -0.297 e. The minimum atomic E-state index is 0.691. The molecular weight excluding hydrogens is 270 g/mol. The predicted octanol–water partition coefficient (Wildman–Crippen LogP) is 3.89. The van der Waals surface area contributed by atoms with E-state index in [9.17, 15) is 0 Å². The molecule has 0 N–H and O–H groups in total. The molecule has 3 heteroatoms. The third kappa shape index (κ3) is 3.05. The lowest BCUT2D eigenvalue weighted by Gasteiger charge is -2.34. The highest BCUT2D eigenvalue weighted by Crippen LogP contribution is 2.29. The Bertz CT molecular complexity index is 286. The number of alkyl halides is 1. The number of hydrogen-bond donors (Lipinski definition) is 0. The quantitative estimate of drug-likeness (QED) is 0.763. The van der Waals surface area contributed by atoms with Gasteiger partial charge in [-0.25, -0.2) is 0 Å². The molecule has 0 aromatic carbocycles. The first kappa shape index (κ1) is 11.6. The topological polar surface area (TPSA) is 3.24 Å². The van der Waals surface area contributed by atoms with E-state index in [1.807, 2.05) is 11.3 Å². The molecule has 0 bridgehead atoms. The molecule has 0 saturated heterocycles. The Morgan fingerprint density at radius 2 is 2.27 bits per heavy atom. The van der Waals surface area contributed by atoms with Crippen LogP contribution in [0.1, 0.15) is 30.6 Å². The third-order valence-corrected chi connectivity index (χ3v) is 5.13. The molecule has 1 aromatic rings. The fourth-order valence-corrected chi connectivity index (χ4v) is 4.09. The van der Waals surface area contributed by atoms with Crippen LogP contribution in [0.3, 0.4) is 0 Å². The first-order valence-electron chi connectivity index (χ1n) is 5.64. The van der Waals surface area contributed by atoms with E-state index in [2.05, 4.69) is 45.4 Å². The fraction of sp³-hybridized carbons (Fsp3) is 0.667. The van der Waals surface area contributed by atoms with Crippen molar-refractivity contribution in [3.8, 4) is 0 Å². The number of thiophene rings is 1. The molecule has 2 atom stereocenters. The molecule has 0 aliphatic heterocycles. The van der Waals surface area contributed by atoms with Crippen LogP contribution in [0.2, 0.25) is 0 Å². The van der Waals surface area contributed by atoms with Crippen LogP contribution < -0.4 is 0 Å². The van der Waals surface area contributed by atoms with Crippen LogP contribution in [-0.4, -0.2) is 22.8 Å². The van der Waals surface area contributed by atoms with Crippen LogP contribution in [0.25, 0.3) is 0 Å². The van der Waals surface area contributed by atoms with Crippen LogP contribution >= 0.6 is 27.3 Å². The Morgan fingerprint density at radius 3 is 2.93 bits per heavy atom. The van der Waals surface area contributed by atoms with Crippen LogP contribution in [0.5, 0.6) is 0 Å². The summed E-state index contributed by atoms with van der Waals surface area (Å²) in [5.74, 6) is 0. The maximum absolute atomic E-state index is 3.82. The summed E-state index contributed by atoms with van der Waals surface area (Å²) in [5.41, 5.74) is 0. The van der Waals surface area contributed by atoms with Gasteiger partial charge in [-0.1, -0.05) is 34.8 Å². The maximum Gasteiger partial charge on any atom is 0.0328 e. The fourth-order valence-electron chi connectivity index (χ4n) is 2.33. The van der Waals surface area contributed by atoms with E-state index in [4.69, 9.17) is 0 Å². The smallest absolute Gasteiger partial charge is 0.0328 e. The van der Waals surface area contributed by atoms with Gasteiger partial charge in [0.05, 0.1) is 0 Å². The van der Waals surface area contributed by atoms with E-state index >= 15 is 0 Å². The predicted molar refractivity (Wildman–Crippen MR) is 70.8 cm³/mol. The zero-order chi connectivity index (χ0) is 10.7. The van der Waals surface area contributed by atoms with E-state index in [0.717, 1.165) is 12.6 Å². The zero-order valence-electron chi connectivity index (χ0n) is 9.16. The SMILES string of the molecule is CN(Cc1cccs1)C1CCCCC1Br. The third-order valence-electron chi connectivity index (χ3n) is 3.20. The van der Waals surface area contributed by atoms with E-state index in [0.29, 0.717) is 4.83 Å². The Balaban J connectivity index is 1.91. The van der Waals surface area contributed by atoms with Gasteiger partial charge in [0.1, 0.15) is 0 Å². The molecule has 15 heavy (non-hydrogen) atoms. The van der Waals surface area contributed by atoms with Gasteiger partial charge < -0.3 is 0 Å². The summed E-state index contributed by atoms with van der Waals surface area (Å²) < 4.78 is 0. The molecule has 1 nitrogen and oxygen atoms in total. The summed E-state index contributed by atoms with van der Waals surface area (Å²) in [6, 6.07) is 5.09. The van der Waals surface area contributed by atoms with Crippen molar-refractivity contribution in [1.82, 2.24) is 4.90 Å². The molecule has 1 aliphatic rings. The number of hydrogen-bond acceptors (Lipinski definition) is 2. The Morgan fingerprint density at radius 1 is 1.47 bits per heavy atom. The van der Waals surface area contributed by atoms with E-state index < -0.39 is 0 Å². The summed E-state index contributed by atoms with van der Waals surface area (Å²) in [6.07, 6.45) is 5.46. The van der Waals surface area contributed by atoms with Crippen LogP contribution in [0, 0.1) is 0 Å². The van der Waals surface area contributed by atoms with Gasteiger partial charge in [0, 0.05) is 22.3 Å². The normalized spacial score (nSPS) is 27.1. The minimum absolute atomic E-state index is 0.691. The van der Waals surface area contributed by atoms with Crippen LogP contribution in [-0.2, 0) is 6.54 Å². The van der Waals surface area contributed by atoms with E-state index in [-0.39, 0.29) is 0 Å². The summed E-state index contributed by atoms with van der Waals surface area (Å²) in [4.78, 5) is 4.67. The zero-order valence-corrected chi connectivity index (χ0v) is 11.6. The second kappa shape index (κ2) is 5.46. The first-order chi connectivity index (χ1) is 7.27. The van der Waals surface area contributed by atoms with Gasteiger partial charge in [0.2, 0.25) is 0 Å². The summed E-state index contributed by atoms with van der Waals surface area (Å²) >= 11 is 5.68. The first-order valence-corrected chi connectivity index (χ1v) is 7.43. The van der Waals surface area contributed by atoms with E-state index in [1.54, 1.807) is 0 Å². The van der Waals surface area contributed by atoms with Crippen molar-refractivity contribution in [3.63, 3.8) is 0 Å². The monoisotopic (exact) mass is 287 g/mol. The van der Waals surface area contributed by atoms with Crippen molar-refractivity contribution < 1.29 is 0 Å². The van der Waals surface area contributed by atoms with Crippen molar-refractivity contribution in [3.05, 3.63) is 22.4 Å². The van der Waals surface area contributed by atoms with Crippen molar-refractivity contribution in [2.45, 2.75) is 43.1 Å². The number of halogens is 1. The van der Waals surface area contributed by atoms with Gasteiger partial charge in [-0.05, 0) is 31.3 Å². The Labute approximate surface area is 105 Å². The number of rotatable bonds is 3. The van der Waals surface area contributed by atoms with Crippen molar-refractivity contribution >= 4 is 27.3 Å². The lowest BCUT2D eigenvalue weighted by molar-refractivity contribution is 0.194. The van der Waals surface area contributed by atoms with Crippen LogP contribution in [0.15, 0.2) is 17.5 Å².